The van der Waals surface area contributed by atoms with Crippen LogP contribution in [0.5, 0.6) is 0 Å². The van der Waals surface area contributed by atoms with Gasteiger partial charge < -0.3 is 10.2 Å². The van der Waals surface area contributed by atoms with Crippen molar-refractivity contribution in [1.82, 2.24) is 0 Å². The lowest BCUT2D eigenvalue weighted by Gasteiger charge is -2.06. The van der Waals surface area contributed by atoms with Crippen molar-refractivity contribution >= 4 is 5.91 Å². The second-order valence-corrected chi connectivity index (χ2v) is 2.01. The molecule has 0 unspecified atom stereocenters. The van der Waals surface area contributed by atoms with Crippen LogP contribution in [0.2, 0.25) is 0 Å². The summed E-state index contributed by atoms with van der Waals surface area (Å²) in [5.74, 6) is -0.833. The van der Waals surface area contributed by atoms with Crippen LogP contribution in [0.4, 0.5) is 0 Å². The maximum atomic E-state index is 10.8. The molecule has 0 N–H and O–H groups in total. The summed E-state index contributed by atoms with van der Waals surface area (Å²) in [7, 11) is 0. The topological polar surface area (TPSA) is 74.3 Å². The van der Waals surface area contributed by atoms with E-state index in [9.17, 15) is 14.9 Å². The number of benzene rings is 1. The first-order valence-corrected chi connectivity index (χ1v) is 3.15. The first-order chi connectivity index (χ1) is 5.70. The largest absolute Gasteiger partial charge is 0.310 e. The fourth-order valence-electron chi connectivity index (χ4n) is 0.713. The van der Waals surface area contributed by atoms with E-state index in [1.807, 2.05) is 0 Å². The molecule has 5 nitrogen and oxygen atoms in total. The summed E-state index contributed by atoms with van der Waals surface area (Å²) in [4.78, 5) is 20.6. The van der Waals surface area contributed by atoms with Gasteiger partial charge in [0.2, 0.25) is 0 Å². The molecule has 0 saturated heterocycles. The SMILES string of the molecule is O=C([N-][N+](=O)[O-])c1ccccc1. The van der Waals surface area contributed by atoms with Crippen molar-refractivity contribution in [1.29, 1.82) is 0 Å². The number of hydrogen-bond acceptors (Lipinski definition) is 3. The van der Waals surface area contributed by atoms with Crippen LogP contribution in [0, 0.1) is 10.1 Å². The standard InChI is InChI=1S/C7H6N2O3/c10-7(8-9(11)12)6-4-2-1-3-5-6/h1-5H,(H,8,10)/p-1. The smallest absolute Gasteiger partial charge is 0.138 e. The molecule has 0 heterocycles. The lowest BCUT2D eigenvalue weighted by atomic mass is 10.2. The summed E-state index contributed by atoms with van der Waals surface area (Å²) in [6.45, 7) is 0. The van der Waals surface area contributed by atoms with Crippen molar-refractivity contribution in [3.8, 4) is 0 Å². The minimum atomic E-state index is -1.00. The normalized spacial score (nSPS) is 9.00. The molecular weight excluding hydrogens is 160 g/mol. The van der Waals surface area contributed by atoms with Gasteiger partial charge in [-0.05, 0) is 5.03 Å². The van der Waals surface area contributed by atoms with E-state index in [-0.39, 0.29) is 5.56 Å². The Hall–Kier alpha value is -1.91. The Morgan fingerprint density at radius 1 is 1.33 bits per heavy atom. The van der Waals surface area contributed by atoms with E-state index in [0.717, 1.165) is 0 Å². The molecule has 0 aliphatic heterocycles. The van der Waals surface area contributed by atoms with Crippen LogP contribution in [0.15, 0.2) is 30.3 Å². The lowest BCUT2D eigenvalue weighted by Crippen LogP contribution is -2.02. The van der Waals surface area contributed by atoms with Crippen LogP contribution in [0.1, 0.15) is 10.4 Å². The molecule has 1 aromatic carbocycles. The average molecular weight is 165 g/mol. The highest BCUT2D eigenvalue weighted by molar-refractivity contribution is 6.02. The van der Waals surface area contributed by atoms with E-state index >= 15 is 0 Å². The molecule has 0 aromatic heterocycles. The van der Waals surface area contributed by atoms with E-state index in [1.165, 1.54) is 12.1 Å². The van der Waals surface area contributed by atoms with Crippen LogP contribution in [0.3, 0.4) is 0 Å². The minimum absolute atomic E-state index is 0.217. The zero-order chi connectivity index (χ0) is 8.97. The predicted molar refractivity (Wildman–Crippen MR) is 41.1 cm³/mol. The lowest BCUT2D eigenvalue weighted by molar-refractivity contribution is -0.417. The van der Waals surface area contributed by atoms with Gasteiger partial charge in [-0.15, -0.1) is 0 Å². The predicted octanol–water partition coefficient (Wildman–Crippen LogP) is 1.39. The highest BCUT2D eigenvalue weighted by atomic mass is 16.7. The zero-order valence-electron chi connectivity index (χ0n) is 6.01. The fourth-order valence-corrected chi connectivity index (χ4v) is 0.713. The van der Waals surface area contributed by atoms with Crippen molar-refractivity contribution in [2.24, 2.45) is 0 Å². The summed E-state index contributed by atoms with van der Waals surface area (Å²) in [6, 6.07) is 7.87. The number of rotatable bonds is 2. The van der Waals surface area contributed by atoms with Gasteiger partial charge in [-0.3, -0.25) is 10.1 Å². The van der Waals surface area contributed by atoms with Gasteiger partial charge >= 0.3 is 0 Å². The quantitative estimate of drug-likeness (QED) is 0.490. The number of amides is 1. The Morgan fingerprint density at radius 3 is 2.42 bits per heavy atom. The Kier molecular flexibility index (Phi) is 2.37. The van der Waals surface area contributed by atoms with Gasteiger partial charge in [0.05, 0.1) is 0 Å². The summed E-state index contributed by atoms with van der Waals surface area (Å²) < 4.78 is 0. The van der Waals surface area contributed by atoms with E-state index in [4.69, 9.17) is 0 Å². The molecule has 1 aromatic rings. The molecular formula is C7H5N2O3-. The maximum absolute atomic E-state index is 10.8. The molecule has 12 heavy (non-hydrogen) atoms. The number of carbonyl (C=O) groups excluding carboxylic acids is 1. The Balaban J connectivity index is 2.73. The first kappa shape index (κ1) is 8.19. The molecule has 0 fully saturated rings. The average Bonchev–Trinajstić information content (AvgIpc) is 2.05. The molecule has 0 saturated carbocycles. The van der Waals surface area contributed by atoms with E-state index < -0.39 is 10.9 Å². The number of nitrogens with zero attached hydrogens (tertiary/aromatic N) is 2. The Bertz CT molecular complexity index is 297. The third-order valence-corrected chi connectivity index (χ3v) is 1.19. The monoisotopic (exact) mass is 165 g/mol. The second kappa shape index (κ2) is 3.47. The van der Waals surface area contributed by atoms with Crippen LogP contribution in [-0.2, 0) is 0 Å². The molecule has 0 aliphatic carbocycles. The minimum Gasteiger partial charge on any atom is -0.310 e. The third kappa shape index (κ3) is 2.05. The number of carbonyl (C=O) groups is 1. The van der Waals surface area contributed by atoms with Crippen LogP contribution in [-0.4, -0.2) is 10.9 Å². The van der Waals surface area contributed by atoms with Gasteiger partial charge in [-0.25, -0.2) is 0 Å². The third-order valence-electron chi connectivity index (χ3n) is 1.19. The van der Waals surface area contributed by atoms with Crippen molar-refractivity contribution in [3.63, 3.8) is 0 Å². The number of hydrogen-bond donors (Lipinski definition) is 0. The molecule has 0 spiro atoms. The summed E-state index contributed by atoms with van der Waals surface area (Å²) >= 11 is 0. The van der Waals surface area contributed by atoms with Crippen LogP contribution < -0.4 is 0 Å². The zero-order valence-corrected chi connectivity index (χ0v) is 6.01. The molecule has 5 heteroatoms. The van der Waals surface area contributed by atoms with Gasteiger partial charge in [0.15, 0.2) is 0 Å². The van der Waals surface area contributed by atoms with Crippen molar-refractivity contribution in [3.05, 3.63) is 51.4 Å². The second-order valence-electron chi connectivity index (χ2n) is 2.01. The fraction of sp³-hybridized carbons (Fsp3) is 0. The first-order valence-electron chi connectivity index (χ1n) is 3.15. The van der Waals surface area contributed by atoms with Crippen LogP contribution in [0.25, 0.3) is 5.43 Å². The number of nitro groups is 1. The molecule has 0 radical (unpaired) electrons. The Labute approximate surface area is 68.1 Å². The Morgan fingerprint density at radius 2 is 1.92 bits per heavy atom. The van der Waals surface area contributed by atoms with E-state index in [1.54, 1.807) is 18.2 Å². The molecule has 1 rings (SSSR count). The highest BCUT2D eigenvalue weighted by Gasteiger charge is 1.96. The molecule has 1 amide bonds. The molecule has 62 valence electrons. The van der Waals surface area contributed by atoms with Crippen molar-refractivity contribution in [2.75, 3.05) is 0 Å². The van der Waals surface area contributed by atoms with Gasteiger partial charge in [0.1, 0.15) is 5.91 Å². The molecule has 0 aliphatic rings. The van der Waals surface area contributed by atoms with E-state index in [2.05, 4.69) is 5.43 Å². The van der Waals surface area contributed by atoms with Gasteiger partial charge in [0, 0.05) is 5.56 Å². The van der Waals surface area contributed by atoms with Crippen LogP contribution >= 0.6 is 0 Å². The summed E-state index contributed by atoms with van der Waals surface area (Å²) in [5.41, 5.74) is 2.85. The summed E-state index contributed by atoms with van der Waals surface area (Å²) in [6.07, 6.45) is 0. The van der Waals surface area contributed by atoms with Crippen molar-refractivity contribution < 1.29 is 9.83 Å². The van der Waals surface area contributed by atoms with Gasteiger partial charge in [-0.2, -0.15) is 0 Å². The van der Waals surface area contributed by atoms with Gasteiger partial charge in [-0.1, -0.05) is 30.3 Å². The van der Waals surface area contributed by atoms with Crippen molar-refractivity contribution in [2.45, 2.75) is 0 Å². The van der Waals surface area contributed by atoms with Gasteiger partial charge in [0.25, 0.3) is 0 Å². The highest BCUT2D eigenvalue weighted by Crippen LogP contribution is 2.04. The van der Waals surface area contributed by atoms with E-state index in [0.29, 0.717) is 0 Å². The maximum Gasteiger partial charge on any atom is 0.138 e. The molecule has 0 bridgehead atoms. The molecule has 0 atom stereocenters. The summed E-state index contributed by atoms with van der Waals surface area (Å²) in [5, 5.41) is 8.80.